The third-order valence-electron chi connectivity index (χ3n) is 6.91. The van der Waals surface area contributed by atoms with Crippen LogP contribution in [0.4, 0.5) is 0 Å². The second-order valence-corrected chi connectivity index (χ2v) is 10.9. The minimum Gasteiger partial charge on any atom is -0.463 e. The summed E-state index contributed by atoms with van der Waals surface area (Å²) in [5.74, 6) is -0.301. The zero-order valence-electron chi connectivity index (χ0n) is 28.1. The van der Waals surface area contributed by atoms with Gasteiger partial charge in [-0.1, -0.05) is 103 Å². The lowest BCUT2D eigenvalue weighted by molar-refractivity contribution is -0.142. The molecule has 0 unspecified atom stereocenters. The number of ether oxygens (including phenoxy) is 8. The van der Waals surface area contributed by atoms with Crippen LogP contribution in [-0.4, -0.2) is 105 Å². The second kappa shape index (κ2) is 39.2. The van der Waals surface area contributed by atoms with Crippen LogP contribution >= 0.6 is 0 Å². The number of rotatable bonds is 38. The fourth-order valence-electron chi connectivity index (χ4n) is 4.42. The van der Waals surface area contributed by atoms with E-state index in [1.54, 1.807) is 0 Å². The highest BCUT2D eigenvalue weighted by molar-refractivity contribution is 5.65. The van der Waals surface area contributed by atoms with Crippen LogP contribution in [0.15, 0.2) is 0 Å². The van der Waals surface area contributed by atoms with Gasteiger partial charge in [0.2, 0.25) is 0 Å². The van der Waals surface area contributed by atoms with Crippen LogP contribution < -0.4 is 0 Å². The molecule has 0 aliphatic heterocycles. The van der Waals surface area contributed by atoms with Crippen LogP contribution in [-0.2, 0) is 42.7 Å². The van der Waals surface area contributed by atoms with Gasteiger partial charge in [0.25, 0.3) is 0 Å². The first-order chi connectivity index (χ1) is 21.3. The monoisotopic (exact) mass is 620 g/mol. The van der Waals surface area contributed by atoms with Gasteiger partial charge in [0.1, 0.15) is 6.61 Å². The molecule has 0 saturated heterocycles. The zero-order valence-corrected chi connectivity index (χ0v) is 28.1. The summed E-state index contributed by atoms with van der Waals surface area (Å²) in [6, 6.07) is 0. The summed E-state index contributed by atoms with van der Waals surface area (Å²) in [7, 11) is 0. The lowest BCUT2D eigenvalue weighted by Gasteiger charge is -2.08. The molecule has 0 aromatic carbocycles. The largest absolute Gasteiger partial charge is 0.463 e. The minimum atomic E-state index is -0.301. The Morgan fingerprint density at radius 3 is 0.837 bits per heavy atom. The van der Waals surface area contributed by atoms with Crippen molar-refractivity contribution in [2.75, 3.05) is 99.1 Å². The van der Waals surface area contributed by atoms with Crippen molar-refractivity contribution in [1.29, 1.82) is 0 Å². The summed E-state index contributed by atoms with van der Waals surface area (Å²) >= 11 is 0. The van der Waals surface area contributed by atoms with Crippen LogP contribution in [0.3, 0.4) is 0 Å². The molecule has 0 aliphatic carbocycles. The smallest absolute Gasteiger partial charge is 0.302 e. The van der Waals surface area contributed by atoms with Gasteiger partial charge in [-0.15, -0.1) is 0 Å². The molecule has 0 aromatic rings. The summed E-state index contributed by atoms with van der Waals surface area (Å²) in [4.78, 5) is 10.6. The molecule has 0 aliphatic rings. The molecular weight excluding hydrogens is 552 g/mol. The third-order valence-corrected chi connectivity index (χ3v) is 6.91. The van der Waals surface area contributed by atoms with E-state index in [1.165, 1.54) is 103 Å². The van der Waals surface area contributed by atoms with E-state index in [0.29, 0.717) is 85.9 Å². The van der Waals surface area contributed by atoms with E-state index in [9.17, 15) is 4.79 Å². The first-order valence-electron chi connectivity index (χ1n) is 17.4. The van der Waals surface area contributed by atoms with Crippen molar-refractivity contribution >= 4 is 5.97 Å². The number of hydrogen-bond acceptors (Lipinski definition) is 9. The Hall–Kier alpha value is -0.810. The Labute approximate surface area is 264 Å². The SMILES string of the molecule is CCCCCCCCCCCCCCCCCCOCCOCCOCCOCCOCCOCCOCCOC(C)=O. The maximum atomic E-state index is 10.6. The van der Waals surface area contributed by atoms with Crippen molar-refractivity contribution in [3.8, 4) is 0 Å². The van der Waals surface area contributed by atoms with E-state index >= 15 is 0 Å². The average molecular weight is 621 g/mol. The summed E-state index contributed by atoms with van der Waals surface area (Å²) in [6.07, 6.45) is 22.2. The second-order valence-electron chi connectivity index (χ2n) is 10.9. The van der Waals surface area contributed by atoms with Crippen molar-refractivity contribution in [3.05, 3.63) is 0 Å². The highest BCUT2D eigenvalue weighted by Gasteiger charge is 1.97. The van der Waals surface area contributed by atoms with E-state index in [2.05, 4.69) is 6.92 Å². The highest BCUT2D eigenvalue weighted by atomic mass is 16.6. The normalized spacial score (nSPS) is 11.4. The molecule has 0 rings (SSSR count). The first kappa shape index (κ1) is 42.2. The number of esters is 1. The molecule has 0 heterocycles. The van der Waals surface area contributed by atoms with Crippen molar-refractivity contribution in [2.24, 2.45) is 0 Å². The number of hydrogen-bond donors (Lipinski definition) is 0. The Morgan fingerprint density at radius 1 is 0.326 bits per heavy atom. The van der Waals surface area contributed by atoms with Crippen LogP contribution in [0.25, 0.3) is 0 Å². The molecule has 0 bridgehead atoms. The number of unbranched alkanes of at least 4 members (excludes halogenated alkanes) is 15. The summed E-state index contributed by atoms with van der Waals surface area (Å²) in [5.41, 5.74) is 0. The Bertz CT molecular complexity index is 522. The third kappa shape index (κ3) is 41.2. The predicted octanol–water partition coefficient (Wildman–Crippen LogP) is 6.93. The fourth-order valence-corrected chi connectivity index (χ4v) is 4.42. The number of carbonyl (C=O) groups excluding carboxylic acids is 1. The van der Waals surface area contributed by atoms with Gasteiger partial charge in [-0.2, -0.15) is 0 Å². The van der Waals surface area contributed by atoms with Crippen LogP contribution in [0.1, 0.15) is 117 Å². The predicted molar refractivity (Wildman–Crippen MR) is 172 cm³/mol. The van der Waals surface area contributed by atoms with Gasteiger partial charge in [-0.25, -0.2) is 0 Å². The van der Waals surface area contributed by atoms with Crippen LogP contribution in [0.5, 0.6) is 0 Å². The van der Waals surface area contributed by atoms with Gasteiger partial charge in [0, 0.05) is 13.5 Å². The molecule has 258 valence electrons. The lowest BCUT2D eigenvalue weighted by Crippen LogP contribution is -2.15. The molecule has 9 nitrogen and oxygen atoms in total. The van der Waals surface area contributed by atoms with E-state index in [0.717, 1.165) is 13.0 Å². The first-order valence-corrected chi connectivity index (χ1v) is 17.4. The van der Waals surface area contributed by atoms with Gasteiger partial charge in [-0.05, 0) is 6.42 Å². The van der Waals surface area contributed by atoms with Gasteiger partial charge >= 0.3 is 5.97 Å². The molecule has 0 atom stereocenters. The van der Waals surface area contributed by atoms with Gasteiger partial charge in [0.05, 0.1) is 85.9 Å². The molecule has 0 N–H and O–H groups in total. The molecule has 43 heavy (non-hydrogen) atoms. The van der Waals surface area contributed by atoms with Crippen LogP contribution in [0, 0.1) is 0 Å². The van der Waals surface area contributed by atoms with Crippen molar-refractivity contribution < 1.29 is 42.7 Å². The summed E-state index contributed by atoms with van der Waals surface area (Å²) < 4.78 is 43.1. The van der Waals surface area contributed by atoms with Crippen molar-refractivity contribution in [2.45, 2.75) is 117 Å². The van der Waals surface area contributed by atoms with Crippen LogP contribution in [0.2, 0.25) is 0 Å². The topological polar surface area (TPSA) is 90.9 Å². The maximum absolute atomic E-state index is 10.6. The molecule has 0 fully saturated rings. The van der Waals surface area contributed by atoms with E-state index < -0.39 is 0 Å². The fraction of sp³-hybridized carbons (Fsp3) is 0.971. The highest BCUT2D eigenvalue weighted by Crippen LogP contribution is 2.13. The molecule has 0 radical (unpaired) electrons. The standard InChI is InChI=1S/C34H68O9/c1-3-4-5-6-7-8-9-10-11-12-13-14-15-16-17-18-19-36-20-21-37-22-23-38-24-25-39-26-27-40-28-29-41-30-31-42-32-33-43-34(2)35/h3-33H2,1-2H3. The maximum Gasteiger partial charge on any atom is 0.302 e. The van der Waals surface area contributed by atoms with E-state index in [1.807, 2.05) is 0 Å². The summed E-state index contributed by atoms with van der Waals surface area (Å²) in [6.45, 7) is 11.6. The minimum absolute atomic E-state index is 0.270. The Morgan fingerprint density at radius 2 is 0.558 bits per heavy atom. The van der Waals surface area contributed by atoms with Crippen molar-refractivity contribution in [1.82, 2.24) is 0 Å². The van der Waals surface area contributed by atoms with E-state index in [-0.39, 0.29) is 12.6 Å². The lowest BCUT2D eigenvalue weighted by atomic mass is 10.0. The molecule has 0 amide bonds. The van der Waals surface area contributed by atoms with Gasteiger partial charge in [-0.3, -0.25) is 4.79 Å². The molecule has 9 heteroatoms. The molecule has 0 aromatic heterocycles. The molecule has 0 spiro atoms. The number of carbonyl (C=O) groups is 1. The van der Waals surface area contributed by atoms with E-state index in [4.69, 9.17) is 37.9 Å². The zero-order chi connectivity index (χ0) is 31.2. The molecule has 0 saturated carbocycles. The average Bonchev–Trinajstić information content (AvgIpc) is 3.00. The molecular formula is C34H68O9. The van der Waals surface area contributed by atoms with Gasteiger partial charge in [0.15, 0.2) is 0 Å². The van der Waals surface area contributed by atoms with Gasteiger partial charge < -0.3 is 37.9 Å². The Balaban J connectivity index is 3.03. The van der Waals surface area contributed by atoms with Crippen molar-refractivity contribution in [3.63, 3.8) is 0 Å². The Kier molecular flexibility index (Phi) is 38.5. The quantitative estimate of drug-likeness (QED) is 0.0538. The summed E-state index contributed by atoms with van der Waals surface area (Å²) in [5, 5.41) is 0.